The Kier molecular flexibility index (Phi) is 4.85. The van der Waals surface area contributed by atoms with E-state index in [9.17, 15) is 8.42 Å². The van der Waals surface area contributed by atoms with Crippen LogP contribution in [0, 0.1) is 20.8 Å². The van der Waals surface area contributed by atoms with E-state index in [2.05, 4.69) is 35.5 Å². The molecule has 0 amide bonds. The van der Waals surface area contributed by atoms with Crippen LogP contribution in [0.15, 0.2) is 59.6 Å². The van der Waals surface area contributed by atoms with E-state index in [-0.39, 0.29) is 6.04 Å². The summed E-state index contributed by atoms with van der Waals surface area (Å²) in [5.41, 5.74) is 4.25. The van der Waals surface area contributed by atoms with E-state index in [0.717, 1.165) is 41.2 Å². The Balaban J connectivity index is 1.64. The smallest absolute Gasteiger partial charge is 0.243 e. The quantitative estimate of drug-likeness (QED) is 0.661. The first-order valence-corrected chi connectivity index (χ1v) is 11.0. The standard InChI is InChI=1S/C22H25N3O2S/c1-16-6-11-20(12-7-16)28(26,27)24-14-4-5-21(24)19-10-13-22(23-15-19)25-17(2)8-9-18(25)3/h6-13,15,21H,4-5,14H2,1-3H3/t21-/m1/s1. The van der Waals surface area contributed by atoms with Gasteiger partial charge in [0, 0.05) is 24.1 Å². The molecule has 1 fully saturated rings. The van der Waals surface area contributed by atoms with Crippen molar-refractivity contribution in [2.75, 3.05) is 6.54 Å². The van der Waals surface area contributed by atoms with Gasteiger partial charge in [-0.05, 0) is 69.5 Å². The van der Waals surface area contributed by atoms with Gasteiger partial charge in [0.05, 0.1) is 10.9 Å². The Morgan fingerprint density at radius 1 is 0.929 bits per heavy atom. The summed E-state index contributed by atoms with van der Waals surface area (Å²) in [4.78, 5) is 4.98. The monoisotopic (exact) mass is 395 g/mol. The maximum atomic E-state index is 13.2. The molecule has 0 aliphatic carbocycles. The minimum Gasteiger partial charge on any atom is -0.303 e. The number of pyridine rings is 1. The van der Waals surface area contributed by atoms with Crippen LogP contribution in [0.2, 0.25) is 0 Å². The summed E-state index contributed by atoms with van der Waals surface area (Å²) in [6, 6.07) is 15.0. The zero-order valence-electron chi connectivity index (χ0n) is 16.5. The lowest BCUT2D eigenvalue weighted by atomic mass is 10.1. The van der Waals surface area contributed by atoms with Crippen LogP contribution in [0.1, 0.15) is 41.4 Å². The van der Waals surface area contributed by atoms with Gasteiger partial charge in [0.25, 0.3) is 0 Å². The average molecular weight is 396 g/mol. The van der Waals surface area contributed by atoms with Gasteiger partial charge in [0.1, 0.15) is 5.82 Å². The number of hydrogen-bond acceptors (Lipinski definition) is 3. The largest absolute Gasteiger partial charge is 0.303 e. The molecular weight excluding hydrogens is 370 g/mol. The van der Waals surface area contributed by atoms with Crippen molar-refractivity contribution in [1.29, 1.82) is 0 Å². The molecule has 0 spiro atoms. The zero-order valence-corrected chi connectivity index (χ0v) is 17.3. The molecule has 3 aromatic rings. The van der Waals surface area contributed by atoms with Crippen molar-refractivity contribution < 1.29 is 8.42 Å². The molecule has 28 heavy (non-hydrogen) atoms. The Morgan fingerprint density at radius 2 is 1.61 bits per heavy atom. The van der Waals surface area contributed by atoms with E-state index in [0.29, 0.717) is 11.4 Å². The summed E-state index contributed by atoms with van der Waals surface area (Å²) in [5, 5.41) is 0. The van der Waals surface area contributed by atoms with Crippen LogP contribution in [0.25, 0.3) is 5.82 Å². The molecule has 3 heterocycles. The van der Waals surface area contributed by atoms with E-state index in [1.165, 1.54) is 0 Å². The number of aryl methyl sites for hydroxylation is 3. The van der Waals surface area contributed by atoms with Gasteiger partial charge in [-0.1, -0.05) is 23.8 Å². The summed E-state index contributed by atoms with van der Waals surface area (Å²) in [6.45, 7) is 6.60. The van der Waals surface area contributed by atoms with Gasteiger partial charge < -0.3 is 4.57 Å². The Labute approximate surface area is 166 Å². The molecule has 0 bridgehead atoms. The van der Waals surface area contributed by atoms with Gasteiger partial charge in [0.2, 0.25) is 10.0 Å². The molecule has 5 nitrogen and oxygen atoms in total. The van der Waals surface area contributed by atoms with Crippen LogP contribution in [-0.2, 0) is 10.0 Å². The number of aromatic nitrogens is 2. The Morgan fingerprint density at radius 3 is 2.21 bits per heavy atom. The van der Waals surface area contributed by atoms with Crippen molar-refractivity contribution in [3.05, 3.63) is 77.2 Å². The second-order valence-electron chi connectivity index (χ2n) is 7.49. The lowest BCUT2D eigenvalue weighted by Crippen LogP contribution is -2.30. The first kappa shape index (κ1) is 18.9. The van der Waals surface area contributed by atoms with Gasteiger partial charge in [0.15, 0.2) is 0 Å². The van der Waals surface area contributed by atoms with Gasteiger partial charge in [-0.15, -0.1) is 0 Å². The summed E-state index contributed by atoms with van der Waals surface area (Å²) < 4.78 is 30.1. The highest BCUT2D eigenvalue weighted by Gasteiger charge is 2.36. The SMILES string of the molecule is Cc1ccc(S(=O)(=O)N2CCC[C@@H]2c2ccc(-n3c(C)ccc3C)nc2)cc1. The van der Waals surface area contributed by atoms with E-state index < -0.39 is 10.0 Å². The van der Waals surface area contributed by atoms with E-state index in [1.807, 2.05) is 37.4 Å². The fraction of sp³-hybridized carbons (Fsp3) is 0.318. The Bertz CT molecular complexity index is 1060. The highest BCUT2D eigenvalue weighted by molar-refractivity contribution is 7.89. The van der Waals surface area contributed by atoms with Crippen LogP contribution < -0.4 is 0 Å². The van der Waals surface area contributed by atoms with Crippen LogP contribution in [0.5, 0.6) is 0 Å². The molecule has 1 aromatic carbocycles. The molecular formula is C22H25N3O2S. The average Bonchev–Trinajstić information content (AvgIpc) is 3.30. The van der Waals surface area contributed by atoms with Crippen LogP contribution in [-0.4, -0.2) is 28.8 Å². The maximum absolute atomic E-state index is 13.2. The first-order chi connectivity index (χ1) is 13.4. The van der Waals surface area contributed by atoms with E-state index >= 15 is 0 Å². The number of nitrogens with zero attached hydrogens (tertiary/aromatic N) is 3. The van der Waals surface area contributed by atoms with Crippen molar-refractivity contribution in [1.82, 2.24) is 13.9 Å². The molecule has 1 aliphatic heterocycles. The molecule has 0 unspecified atom stereocenters. The van der Waals surface area contributed by atoms with Crippen LogP contribution in [0.4, 0.5) is 0 Å². The predicted octanol–water partition coefficient (Wildman–Crippen LogP) is 4.32. The molecule has 1 saturated heterocycles. The van der Waals surface area contributed by atoms with E-state index in [1.54, 1.807) is 16.4 Å². The molecule has 2 aromatic heterocycles. The molecule has 146 valence electrons. The highest BCUT2D eigenvalue weighted by Crippen LogP contribution is 2.36. The fourth-order valence-corrected chi connectivity index (χ4v) is 5.65. The minimum atomic E-state index is -3.52. The minimum absolute atomic E-state index is 0.167. The van der Waals surface area contributed by atoms with Gasteiger partial charge in [-0.2, -0.15) is 4.31 Å². The summed E-state index contributed by atoms with van der Waals surface area (Å²) >= 11 is 0. The number of sulfonamides is 1. The molecule has 1 atom stereocenters. The van der Waals surface area contributed by atoms with Gasteiger partial charge in [-0.3, -0.25) is 0 Å². The molecule has 0 N–H and O–H groups in total. The summed E-state index contributed by atoms with van der Waals surface area (Å²) in [6.07, 6.45) is 3.49. The van der Waals surface area contributed by atoms with Gasteiger partial charge in [-0.25, -0.2) is 13.4 Å². The maximum Gasteiger partial charge on any atom is 0.243 e. The number of rotatable bonds is 4. The summed E-state index contributed by atoms with van der Waals surface area (Å²) in [7, 11) is -3.52. The fourth-order valence-electron chi connectivity index (χ4n) is 3.96. The van der Waals surface area contributed by atoms with Crippen molar-refractivity contribution >= 4 is 10.0 Å². The van der Waals surface area contributed by atoms with Crippen molar-refractivity contribution in [3.8, 4) is 5.82 Å². The van der Waals surface area contributed by atoms with Crippen molar-refractivity contribution in [2.45, 2.75) is 44.6 Å². The van der Waals surface area contributed by atoms with Crippen molar-refractivity contribution in [2.24, 2.45) is 0 Å². The first-order valence-electron chi connectivity index (χ1n) is 9.58. The highest BCUT2D eigenvalue weighted by atomic mass is 32.2. The molecule has 6 heteroatoms. The zero-order chi connectivity index (χ0) is 19.9. The molecule has 0 radical (unpaired) electrons. The molecule has 0 saturated carbocycles. The van der Waals surface area contributed by atoms with Gasteiger partial charge >= 0.3 is 0 Å². The third kappa shape index (κ3) is 3.27. The topological polar surface area (TPSA) is 55.2 Å². The Hall–Kier alpha value is -2.44. The molecule has 1 aliphatic rings. The number of benzene rings is 1. The third-order valence-electron chi connectivity index (χ3n) is 5.49. The number of hydrogen-bond donors (Lipinski definition) is 0. The predicted molar refractivity (Wildman–Crippen MR) is 110 cm³/mol. The van der Waals surface area contributed by atoms with Crippen molar-refractivity contribution in [3.63, 3.8) is 0 Å². The van der Waals surface area contributed by atoms with E-state index in [4.69, 9.17) is 0 Å². The van der Waals surface area contributed by atoms with Crippen LogP contribution >= 0.6 is 0 Å². The summed E-state index contributed by atoms with van der Waals surface area (Å²) in [5.74, 6) is 0.856. The third-order valence-corrected chi connectivity index (χ3v) is 7.41. The lowest BCUT2D eigenvalue weighted by Gasteiger charge is -2.24. The second-order valence-corrected chi connectivity index (χ2v) is 9.38. The van der Waals surface area contributed by atoms with Crippen LogP contribution in [0.3, 0.4) is 0 Å². The lowest BCUT2D eigenvalue weighted by molar-refractivity contribution is 0.396. The normalized spacial score (nSPS) is 17.9. The second kappa shape index (κ2) is 7.18. The molecule has 4 rings (SSSR count).